The van der Waals surface area contributed by atoms with E-state index in [0.29, 0.717) is 5.17 Å². The molecule has 0 bridgehead atoms. The lowest BCUT2D eigenvalue weighted by Crippen LogP contribution is -2.51. The molecular weight excluding hydrogens is 347 g/mol. The van der Waals surface area contributed by atoms with Crippen molar-refractivity contribution in [2.24, 2.45) is 0 Å². The second-order valence-electron chi connectivity index (χ2n) is 4.59. The summed E-state index contributed by atoms with van der Waals surface area (Å²) in [4.78, 5) is 22.5. The van der Waals surface area contributed by atoms with Crippen LogP contribution in [0.2, 0.25) is 10.0 Å². The molecule has 0 fully saturated rings. The minimum absolute atomic E-state index is 0.107. The van der Waals surface area contributed by atoms with Crippen molar-refractivity contribution >= 4 is 52.0 Å². The maximum atomic E-state index is 12.2. The highest BCUT2D eigenvalue weighted by molar-refractivity contribution is 6.42. The van der Waals surface area contributed by atoms with Crippen LogP contribution in [0.1, 0.15) is 0 Å². The lowest BCUT2D eigenvalue weighted by atomic mass is 10.2. The first kappa shape index (κ1) is 15.3. The number of non-ortho nitro benzene ring substituents is 1. The predicted octanol–water partition coefficient (Wildman–Crippen LogP) is 4.06. The molecule has 10 heteroatoms. The van der Waals surface area contributed by atoms with Crippen molar-refractivity contribution < 1.29 is 14.9 Å². The third-order valence-corrected chi connectivity index (χ3v) is 3.88. The maximum absolute atomic E-state index is 12.2. The van der Waals surface area contributed by atoms with Gasteiger partial charge in [-0.05, 0) is 18.2 Å². The molecule has 0 saturated carbocycles. The summed E-state index contributed by atoms with van der Waals surface area (Å²) in [7, 11) is 0. The van der Waals surface area contributed by atoms with Gasteiger partial charge < -0.3 is 5.32 Å². The van der Waals surface area contributed by atoms with Crippen molar-refractivity contribution in [3.05, 3.63) is 56.6 Å². The number of halogens is 2. The normalized spacial score (nSPS) is 13.6. The molecule has 23 heavy (non-hydrogen) atoms. The molecule has 2 aromatic rings. The monoisotopic (exact) mass is 354 g/mol. The van der Waals surface area contributed by atoms with Gasteiger partial charge in [-0.15, -0.1) is 0 Å². The van der Waals surface area contributed by atoms with E-state index in [2.05, 4.69) is 5.32 Å². The number of urea groups is 1. The highest BCUT2D eigenvalue weighted by Crippen LogP contribution is 2.39. The van der Waals surface area contributed by atoms with E-state index in [9.17, 15) is 20.1 Å². The van der Waals surface area contributed by atoms with Crippen LogP contribution in [0.25, 0.3) is 0 Å². The SMILES string of the molecule is O=C1Nc2cc(Cl)c(Cl)cc2N(O)N1c1cccc([N+](=O)[O-])c1. The van der Waals surface area contributed by atoms with Gasteiger partial charge in [0.25, 0.3) is 5.69 Å². The molecule has 0 saturated heterocycles. The predicted molar refractivity (Wildman–Crippen MR) is 85.3 cm³/mol. The summed E-state index contributed by atoms with van der Waals surface area (Å²) in [5, 5.41) is 25.5. The molecule has 2 N–H and O–H groups in total. The van der Waals surface area contributed by atoms with Crippen molar-refractivity contribution in [1.29, 1.82) is 0 Å². The fraction of sp³-hybridized carbons (Fsp3) is 0. The quantitative estimate of drug-likeness (QED) is 0.625. The first-order valence-corrected chi connectivity index (χ1v) is 6.97. The number of hydrogen-bond donors (Lipinski definition) is 2. The Kier molecular flexibility index (Phi) is 3.72. The van der Waals surface area contributed by atoms with Crippen LogP contribution in [-0.4, -0.2) is 16.2 Å². The molecular formula is C13H8Cl2N4O4. The number of rotatable bonds is 2. The van der Waals surface area contributed by atoms with Crippen molar-refractivity contribution in [2.75, 3.05) is 15.5 Å². The average Bonchev–Trinajstić information content (AvgIpc) is 2.50. The highest BCUT2D eigenvalue weighted by atomic mass is 35.5. The first-order valence-electron chi connectivity index (χ1n) is 6.22. The second-order valence-corrected chi connectivity index (χ2v) is 5.41. The van der Waals surface area contributed by atoms with E-state index in [1.807, 2.05) is 0 Å². The average molecular weight is 355 g/mol. The fourth-order valence-corrected chi connectivity index (χ4v) is 2.45. The summed E-state index contributed by atoms with van der Waals surface area (Å²) >= 11 is 11.8. The molecule has 2 amide bonds. The lowest BCUT2D eigenvalue weighted by molar-refractivity contribution is -0.384. The molecule has 0 radical (unpaired) electrons. The smallest absolute Gasteiger partial charge is 0.304 e. The fourth-order valence-electron chi connectivity index (χ4n) is 2.13. The molecule has 3 rings (SSSR count). The summed E-state index contributed by atoms with van der Waals surface area (Å²) in [6, 6.07) is 7.33. The Balaban J connectivity index is 2.07. The van der Waals surface area contributed by atoms with Crippen LogP contribution >= 0.6 is 23.2 Å². The van der Waals surface area contributed by atoms with E-state index < -0.39 is 11.0 Å². The number of benzene rings is 2. The zero-order chi connectivity index (χ0) is 16.7. The van der Waals surface area contributed by atoms with Gasteiger partial charge in [0.05, 0.1) is 26.3 Å². The van der Waals surface area contributed by atoms with Gasteiger partial charge in [-0.2, -0.15) is 10.2 Å². The van der Waals surface area contributed by atoms with Crippen LogP contribution in [0.5, 0.6) is 0 Å². The second kappa shape index (κ2) is 5.58. The molecule has 8 nitrogen and oxygen atoms in total. The van der Waals surface area contributed by atoms with Crippen molar-refractivity contribution in [1.82, 2.24) is 0 Å². The van der Waals surface area contributed by atoms with Crippen molar-refractivity contribution in [3.8, 4) is 0 Å². The topological polar surface area (TPSA) is 99.0 Å². The van der Waals surface area contributed by atoms with Crippen LogP contribution in [0.15, 0.2) is 36.4 Å². The molecule has 118 valence electrons. The molecule has 1 heterocycles. The van der Waals surface area contributed by atoms with Crippen molar-refractivity contribution in [3.63, 3.8) is 0 Å². The molecule has 1 aliphatic heterocycles. The van der Waals surface area contributed by atoms with E-state index >= 15 is 0 Å². The zero-order valence-electron chi connectivity index (χ0n) is 11.2. The third kappa shape index (κ3) is 2.63. The number of carbonyl (C=O) groups is 1. The number of carbonyl (C=O) groups excluding carboxylic acids is 1. The first-order chi connectivity index (χ1) is 10.9. The number of nitro benzene ring substituents is 1. The van der Waals surface area contributed by atoms with Gasteiger partial charge in [0.1, 0.15) is 5.69 Å². The zero-order valence-corrected chi connectivity index (χ0v) is 12.7. The molecule has 1 aliphatic rings. The van der Waals surface area contributed by atoms with Gasteiger partial charge in [0.2, 0.25) is 0 Å². The Morgan fingerprint density at radius 2 is 1.87 bits per heavy atom. The van der Waals surface area contributed by atoms with E-state index in [1.54, 1.807) is 0 Å². The summed E-state index contributed by atoms with van der Waals surface area (Å²) in [5.74, 6) is 0. The minimum atomic E-state index is -0.709. The standard InChI is InChI=1S/C13H8Cl2N4O4/c14-9-5-11-12(6-10(9)15)18(21)17(13(20)16-11)7-2-1-3-8(4-7)19(22)23/h1-6,21H,(H,16,20). The van der Waals surface area contributed by atoms with Gasteiger partial charge in [0.15, 0.2) is 0 Å². The highest BCUT2D eigenvalue weighted by Gasteiger charge is 2.32. The number of nitrogens with one attached hydrogen (secondary N) is 1. The van der Waals surface area contributed by atoms with E-state index in [0.717, 1.165) is 11.1 Å². The molecule has 0 atom stereocenters. The van der Waals surface area contributed by atoms with Crippen molar-refractivity contribution in [2.45, 2.75) is 0 Å². The number of nitro groups is 1. The maximum Gasteiger partial charge on any atom is 0.347 e. The molecule has 2 aromatic carbocycles. The summed E-state index contributed by atoms with van der Waals surface area (Å²) in [5.41, 5.74) is 0.318. The number of amides is 2. The van der Waals surface area contributed by atoms with E-state index in [4.69, 9.17) is 23.2 Å². The summed E-state index contributed by atoms with van der Waals surface area (Å²) in [6.07, 6.45) is 0. The third-order valence-electron chi connectivity index (χ3n) is 3.16. The van der Waals surface area contributed by atoms with Gasteiger partial charge in [-0.1, -0.05) is 29.3 Å². The van der Waals surface area contributed by atoms with Gasteiger partial charge in [-0.3, -0.25) is 15.3 Å². The van der Waals surface area contributed by atoms with Gasteiger partial charge in [0, 0.05) is 12.1 Å². The summed E-state index contributed by atoms with van der Waals surface area (Å²) < 4.78 is 0. The number of fused-ring (bicyclic) bond motifs is 1. The van der Waals surface area contributed by atoms with Crippen LogP contribution in [0, 0.1) is 10.1 Å². The Labute approximate surface area is 139 Å². The number of anilines is 3. The number of hydrazine groups is 1. The molecule has 0 spiro atoms. The molecule has 0 aromatic heterocycles. The number of nitrogens with zero attached hydrogens (tertiary/aromatic N) is 3. The Hall–Kier alpha value is -2.55. The van der Waals surface area contributed by atoms with E-state index in [-0.39, 0.29) is 32.8 Å². The van der Waals surface area contributed by atoms with Gasteiger partial charge in [-0.25, -0.2) is 4.79 Å². The van der Waals surface area contributed by atoms with Crippen LogP contribution in [-0.2, 0) is 0 Å². The minimum Gasteiger partial charge on any atom is -0.304 e. The lowest BCUT2D eigenvalue weighted by Gasteiger charge is -2.36. The van der Waals surface area contributed by atoms with Crippen LogP contribution in [0.4, 0.5) is 27.5 Å². The summed E-state index contributed by atoms with van der Waals surface area (Å²) in [6.45, 7) is 0. The largest absolute Gasteiger partial charge is 0.347 e. The molecule has 0 unspecified atom stereocenters. The van der Waals surface area contributed by atoms with Gasteiger partial charge >= 0.3 is 6.03 Å². The Bertz CT molecular complexity index is 830. The van der Waals surface area contributed by atoms with E-state index in [1.165, 1.54) is 30.3 Å². The Morgan fingerprint density at radius 3 is 2.57 bits per heavy atom. The van der Waals surface area contributed by atoms with Crippen LogP contribution < -0.4 is 15.5 Å². The molecule has 0 aliphatic carbocycles. The number of hydrogen-bond acceptors (Lipinski definition) is 5. The van der Waals surface area contributed by atoms with Crippen LogP contribution in [0.3, 0.4) is 0 Å². The Morgan fingerprint density at radius 1 is 1.17 bits per heavy atom.